The third kappa shape index (κ3) is 1.86. The highest BCUT2D eigenvalue weighted by Gasteiger charge is 2.09. The third-order valence-electron chi connectivity index (χ3n) is 1.65. The lowest BCUT2D eigenvalue weighted by atomic mass is 10.4. The van der Waals surface area contributed by atoms with Gasteiger partial charge in [-0.25, -0.2) is 4.98 Å². The quantitative estimate of drug-likeness (QED) is 0.794. The van der Waals surface area contributed by atoms with Crippen molar-refractivity contribution in [2.24, 2.45) is 0 Å². The van der Waals surface area contributed by atoms with Gasteiger partial charge in [0.2, 0.25) is 5.88 Å². The van der Waals surface area contributed by atoms with Gasteiger partial charge < -0.3 is 10.1 Å². The molecule has 2 N–H and O–H groups in total. The van der Waals surface area contributed by atoms with Gasteiger partial charge >= 0.3 is 0 Å². The number of nitrogens with one attached hydrogen (secondary N) is 1. The Morgan fingerprint density at radius 3 is 2.80 bits per heavy atom. The number of rotatable bonds is 1. The molecule has 0 amide bonds. The smallest absolute Gasteiger partial charge is 0.269 e. The van der Waals surface area contributed by atoms with Crippen LogP contribution in [-0.4, -0.2) is 25.0 Å². The second-order valence-electron chi connectivity index (χ2n) is 2.64. The van der Waals surface area contributed by atoms with Crippen molar-refractivity contribution in [1.29, 1.82) is 0 Å². The standard InChI is InChI=1S/C8H5BrN4O2/c9-5-7(14)12-6(13-8(5)15)4-3-10-1-2-11-4/h1-3H,(H2,12,13,14,15). The molecule has 0 atom stereocenters. The second-order valence-corrected chi connectivity index (χ2v) is 3.44. The van der Waals surface area contributed by atoms with Crippen LogP contribution in [0.1, 0.15) is 0 Å². The van der Waals surface area contributed by atoms with Gasteiger partial charge in [0, 0.05) is 12.4 Å². The number of aromatic nitrogens is 4. The lowest BCUT2D eigenvalue weighted by molar-refractivity contribution is 0.448. The number of aromatic hydroxyl groups is 1. The summed E-state index contributed by atoms with van der Waals surface area (Å²) in [6.07, 6.45) is 4.40. The lowest BCUT2D eigenvalue weighted by Crippen LogP contribution is -2.10. The van der Waals surface area contributed by atoms with Gasteiger partial charge in [-0.15, -0.1) is 0 Å². The molecule has 0 bridgehead atoms. The Bertz CT molecular complexity index is 540. The fourth-order valence-electron chi connectivity index (χ4n) is 0.990. The molecule has 0 fully saturated rings. The van der Waals surface area contributed by atoms with E-state index in [1.807, 2.05) is 0 Å². The van der Waals surface area contributed by atoms with E-state index in [1.165, 1.54) is 18.6 Å². The van der Waals surface area contributed by atoms with E-state index in [4.69, 9.17) is 0 Å². The van der Waals surface area contributed by atoms with Gasteiger partial charge in [-0.05, 0) is 15.9 Å². The average molecular weight is 269 g/mol. The van der Waals surface area contributed by atoms with E-state index in [1.54, 1.807) is 0 Å². The zero-order valence-electron chi connectivity index (χ0n) is 7.31. The maximum atomic E-state index is 11.3. The minimum absolute atomic E-state index is 0.00450. The summed E-state index contributed by atoms with van der Waals surface area (Å²) in [6, 6.07) is 0. The van der Waals surface area contributed by atoms with Crippen LogP contribution in [-0.2, 0) is 0 Å². The molecule has 0 saturated carbocycles. The van der Waals surface area contributed by atoms with Crippen LogP contribution < -0.4 is 5.56 Å². The lowest BCUT2D eigenvalue weighted by Gasteiger charge is -2.00. The molecule has 0 saturated heterocycles. The van der Waals surface area contributed by atoms with Gasteiger partial charge in [-0.1, -0.05) is 0 Å². The topological polar surface area (TPSA) is 91.8 Å². The van der Waals surface area contributed by atoms with Gasteiger partial charge in [0.1, 0.15) is 10.2 Å². The summed E-state index contributed by atoms with van der Waals surface area (Å²) in [6.45, 7) is 0. The second kappa shape index (κ2) is 3.77. The van der Waals surface area contributed by atoms with E-state index in [9.17, 15) is 9.90 Å². The van der Waals surface area contributed by atoms with Crippen LogP contribution in [0, 0.1) is 0 Å². The predicted octanol–water partition coefficient (Wildman–Crippen LogP) is 0.695. The Labute approximate surface area is 92.2 Å². The Hall–Kier alpha value is -1.76. The minimum Gasteiger partial charge on any atom is -0.492 e. The molecule has 2 heterocycles. The van der Waals surface area contributed by atoms with Crippen LogP contribution in [0.2, 0.25) is 0 Å². The molecule has 0 aromatic carbocycles. The average Bonchev–Trinajstić information content (AvgIpc) is 2.26. The molecule has 2 aromatic heterocycles. The van der Waals surface area contributed by atoms with Crippen LogP contribution in [0.3, 0.4) is 0 Å². The SMILES string of the molecule is O=c1[nH]c(-c2cnccn2)nc(O)c1Br. The fourth-order valence-corrected chi connectivity index (χ4v) is 1.18. The molecule has 0 aliphatic heterocycles. The maximum absolute atomic E-state index is 11.3. The first-order valence-corrected chi connectivity index (χ1v) is 4.73. The predicted molar refractivity (Wildman–Crippen MR) is 55.2 cm³/mol. The van der Waals surface area contributed by atoms with Crippen molar-refractivity contribution in [1.82, 2.24) is 19.9 Å². The van der Waals surface area contributed by atoms with E-state index in [-0.39, 0.29) is 16.2 Å². The molecule has 76 valence electrons. The summed E-state index contributed by atoms with van der Waals surface area (Å²) >= 11 is 2.89. The molecular formula is C8H5BrN4O2. The normalized spacial score (nSPS) is 10.2. The molecular weight excluding hydrogens is 264 g/mol. The first-order chi connectivity index (χ1) is 7.18. The molecule has 6 nitrogen and oxygen atoms in total. The van der Waals surface area contributed by atoms with Gasteiger partial charge in [0.05, 0.1) is 6.20 Å². The summed E-state index contributed by atoms with van der Waals surface area (Å²) in [5.41, 5.74) is -0.0828. The Kier molecular flexibility index (Phi) is 2.46. The zero-order valence-corrected chi connectivity index (χ0v) is 8.89. The molecule has 2 aromatic rings. The Balaban J connectivity index is 2.61. The number of H-pyrrole nitrogens is 1. The van der Waals surface area contributed by atoms with Gasteiger partial charge in [-0.2, -0.15) is 4.98 Å². The molecule has 0 aliphatic carbocycles. The Morgan fingerprint density at radius 1 is 1.40 bits per heavy atom. The van der Waals surface area contributed by atoms with Crippen LogP contribution in [0.5, 0.6) is 5.88 Å². The summed E-state index contributed by atoms with van der Waals surface area (Å²) in [5, 5.41) is 9.32. The number of hydrogen-bond donors (Lipinski definition) is 2. The van der Waals surface area contributed by atoms with E-state index in [0.29, 0.717) is 5.69 Å². The minimum atomic E-state index is -0.469. The fraction of sp³-hybridized carbons (Fsp3) is 0. The molecule has 7 heteroatoms. The zero-order chi connectivity index (χ0) is 10.8. The highest BCUT2D eigenvalue weighted by molar-refractivity contribution is 9.10. The molecule has 0 spiro atoms. The molecule has 0 radical (unpaired) electrons. The summed E-state index contributed by atoms with van der Waals surface area (Å²) in [5.74, 6) is -0.201. The van der Waals surface area contributed by atoms with Crippen molar-refractivity contribution in [3.8, 4) is 17.4 Å². The van der Waals surface area contributed by atoms with Crippen molar-refractivity contribution in [2.75, 3.05) is 0 Å². The highest BCUT2D eigenvalue weighted by Crippen LogP contribution is 2.18. The maximum Gasteiger partial charge on any atom is 0.269 e. The third-order valence-corrected chi connectivity index (χ3v) is 2.37. The molecule has 15 heavy (non-hydrogen) atoms. The summed E-state index contributed by atoms with van der Waals surface area (Å²) in [4.78, 5) is 25.3. The van der Waals surface area contributed by atoms with Gasteiger partial charge in [-0.3, -0.25) is 9.78 Å². The molecule has 0 aliphatic rings. The number of nitrogens with zero attached hydrogens (tertiary/aromatic N) is 3. The van der Waals surface area contributed by atoms with Crippen LogP contribution in [0.25, 0.3) is 11.5 Å². The number of hydrogen-bond acceptors (Lipinski definition) is 5. The van der Waals surface area contributed by atoms with Gasteiger partial charge in [0.15, 0.2) is 5.82 Å². The van der Waals surface area contributed by atoms with Crippen molar-refractivity contribution in [2.45, 2.75) is 0 Å². The first kappa shape index (κ1) is 9.78. The van der Waals surface area contributed by atoms with Crippen molar-refractivity contribution < 1.29 is 5.11 Å². The molecule has 2 rings (SSSR count). The van der Waals surface area contributed by atoms with E-state index >= 15 is 0 Å². The van der Waals surface area contributed by atoms with E-state index < -0.39 is 5.56 Å². The first-order valence-electron chi connectivity index (χ1n) is 3.93. The number of aromatic amines is 1. The monoisotopic (exact) mass is 268 g/mol. The summed E-state index contributed by atoms with van der Waals surface area (Å²) in [7, 11) is 0. The highest BCUT2D eigenvalue weighted by atomic mass is 79.9. The van der Waals surface area contributed by atoms with E-state index in [2.05, 4.69) is 35.9 Å². The van der Waals surface area contributed by atoms with Crippen LogP contribution in [0.15, 0.2) is 27.9 Å². The van der Waals surface area contributed by atoms with Crippen molar-refractivity contribution >= 4 is 15.9 Å². The van der Waals surface area contributed by atoms with Gasteiger partial charge in [0.25, 0.3) is 5.56 Å². The number of halogens is 1. The van der Waals surface area contributed by atoms with Crippen LogP contribution >= 0.6 is 15.9 Å². The van der Waals surface area contributed by atoms with Crippen molar-refractivity contribution in [3.05, 3.63) is 33.4 Å². The molecule has 0 unspecified atom stereocenters. The summed E-state index contributed by atoms with van der Waals surface area (Å²) < 4.78 is -0.00450. The van der Waals surface area contributed by atoms with E-state index in [0.717, 1.165) is 0 Å². The van der Waals surface area contributed by atoms with Crippen LogP contribution in [0.4, 0.5) is 0 Å². The largest absolute Gasteiger partial charge is 0.492 e. The van der Waals surface area contributed by atoms with Crippen molar-refractivity contribution in [3.63, 3.8) is 0 Å². The Morgan fingerprint density at radius 2 is 2.20 bits per heavy atom.